The Kier molecular flexibility index (Phi) is 12.2. The summed E-state index contributed by atoms with van der Waals surface area (Å²) < 4.78 is 11.8. The van der Waals surface area contributed by atoms with Gasteiger partial charge in [-0.05, 0) is 12.8 Å². The van der Waals surface area contributed by atoms with Crippen molar-refractivity contribution >= 4 is 0 Å². The van der Waals surface area contributed by atoms with E-state index in [0.29, 0.717) is 6.61 Å². The second-order valence-corrected chi connectivity index (χ2v) is 8.09. The molecular weight excluding hydrogens is 346 g/mol. The van der Waals surface area contributed by atoms with Gasteiger partial charge in [0.15, 0.2) is 6.29 Å². The first-order valence-electron chi connectivity index (χ1n) is 11.6. The molecule has 1 unspecified atom stereocenters. The Bertz CT molecular complexity index is 517. The highest BCUT2D eigenvalue weighted by Crippen LogP contribution is 2.26. The van der Waals surface area contributed by atoms with Gasteiger partial charge in [0.2, 0.25) is 0 Å². The van der Waals surface area contributed by atoms with Crippen LogP contribution in [0.15, 0.2) is 42.5 Å². The molecule has 0 spiro atoms. The van der Waals surface area contributed by atoms with Crippen LogP contribution in [0.25, 0.3) is 0 Å². The Labute approximate surface area is 172 Å². The van der Waals surface area contributed by atoms with Crippen molar-refractivity contribution in [3.63, 3.8) is 0 Å². The van der Waals surface area contributed by atoms with E-state index in [1.54, 1.807) is 0 Å². The van der Waals surface area contributed by atoms with Crippen molar-refractivity contribution in [1.82, 2.24) is 0 Å². The van der Waals surface area contributed by atoms with E-state index in [9.17, 15) is 0 Å². The fourth-order valence-electron chi connectivity index (χ4n) is 3.71. The first-order chi connectivity index (χ1) is 13.8. The van der Waals surface area contributed by atoms with E-state index in [1.807, 2.05) is 30.3 Å². The summed E-state index contributed by atoms with van der Waals surface area (Å²) >= 11 is 0. The second-order valence-electron chi connectivity index (χ2n) is 8.09. The molecular formula is C25H41NO2. The molecule has 0 amide bonds. The molecule has 2 N–H and O–H groups in total. The molecule has 1 saturated heterocycles. The van der Waals surface area contributed by atoms with Gasteiger partial charge < -0.3 is 15.2 Å². The first-order valence-corrected chi connectivity index (χ1v) is 11.6. The highest BCUT2D eigenvalue weighted by molar-refractivity contribution is 5.16. The summed E-state index contributed by atoms with van der Waals surface area (Å²) in [5.41, 5.74) is 7.22. The highest BCUT2D eigenvalue weighted by atomic mass is 16.7. The molecule has 2 rings (SSSR count). The fourth-order valence-corrected chi connectivity index (χ4v) is 3.71. The minimum Gasteiger partial charge on any atom is -0.347 e. The summed E-state index contributed by atoms with van der Waals surface area (Å²) in [6.45, 7) is 2.81. The third kappa shape index (κ3) is 9.36. The molecule has 1 fully saturated rings. The van der Waals surface area contributed by atoms with E-state index in [-0.39, 0.29) is 18.4 Å². The third-order valence-electron chi connectivity index (χ3n) is 5.51. The van der Waals surface area contributed by atoms with Crippen molar-refractivity contribution in [3.8, 4) is 0 Å². The van der Waals surface area contributed by atoms with Crippen molar-refractivity contribution < 1.29 is 9.47 Å². The molecule has 28 heavy (non-hydrogen) atoms. The molecule has 1 aliphatic rings. The molecule has 0 saturated carbocycles. The molecule has 0 radical (unpaired) electrons. The lowest BCUT2D eigenvalue weighted by Gasteiger charge is -2.33. The number of allylic oxidation sites excluding steroid dienone is 1. The molecule has 3 nitrogen and oxygen atoms in total. The summed E-state index contributed by atoms with van der Waals surface area (Å²) in [5.74, 6) is 0. The molecule has 1 aliphatic heterocycles. The summed E-state index contributed by atoms with van der Waals surface area (Å²) in [5, 5.41) is 0. The van der Waals surface area contributed by atoms with Gasteiger partial charge >= 0.3 is 0 Å². The Balaban J connectivity index is 1.51. The van der Waals surface area contributed by atoms with Crippen LogP contribution in [0.4, 0.5) is 0 Å². The van der Waals surface area contributed by atoms with Gasteiger partial charge in [0.25, 0.3) is 0 Å². The van der Waals surface area contributed by atoms with Crippen molar-refractivity contribution in [2.45, 2.75) is 102 Å². The topological polar surface area (TPSA) is 44.5 Å². The number of nitrogens with two attached hydrogens (primary N) is 1. The largest absolute Gasteiger partial charge is 0.347 e. The zero-order valence-corrected chi connectivity index (χ0v) is 17.9. The van der Waals surface area contributed by atoms with E-state index in [2.05, 4.69) is 19.1 Å². The van der Waals surface area contributed by atoms with Gasteiger partial charge in [-0.25, -0.2) is 0 Å². The molecule has 3 heteroatoms. The molecule has 158 valence electrons. The quantitative estimate of drug-likeness (QED) is 0.286. The molecule has 3 atom stereocenters. The zero-order valence-electron chi connectivity index (χ0n) is 17.9. The van der Waals surface area contributed by atoms with Crippen LogP contribution >= 0.6 is 0 Å². The molecule has 0 bridgehead atoms. The molecule has 1 heterocycles. The third-order valence-corrected chi connectivity index (χ3v) is 5.51. The van der Waals surface area contributed by atoms with Crippen molar-refractivity contribution in [1.29, 1.82) is 0 Å². The van der Waals surface area contributed by atoms with Gasteiger partial charge in [-0.15, -0.1) is 0 Å². The maximum Gasteiger partial charge on any atom is 0.184 e. The predicted molar refractivity (Wildman–Crippen MR) is 118 cm³/mol. The monoisotopic (exact) mass is 387 g/mol. The van der Waals surface area contributed by atoms with Gasteiger partial charge in [-0.1, -0.05) is 114 Å². The predicted octanol–water partition coefficient (Wildman–Crippen LogP) is 6.69. The zero-order chi connectivity index (χ0) is 19.9. The van der Waals surface area contributed by atoms with E-state index in [1.165, 1.54) is 70.6 Å². The molecule has 0 aliphatic carbocycles. The average Bonchev–Trinajstić information content (AvgIpc) is 2.73. The SMILES string of the molecule is CCCCCCCCCCCCC/C=C/[C@H]1OC(c2ccccc2)OC[C@@H]1N. The molecule has 0 aromatic heterocycles. The van der Waals surface area contributed by atoms with Crippen LogP contribution in [0.1, 0.15) is 95.8 Å². The lowest BCUT2D eigenvalue weighted by Crippen LogP contribution is -2.45. The minimum absolute atomic E-state index is 0.0633. The summed E-state index contributed by atoms with van der Waals surface area (Å²) in [6, 6.07) is 10.00. The highest BCUT2D eigenvalue weighted by Gasteiger charge is 2.28. The number of ether oxygens (including phenoxy) is 2. The van der Waals surface area contributed by atoms with E-state index < -0.39 is 0 Å². The number of benzene rings is 1. The standard InChI is InChI=1S/C25H41NO2/c1-2-3-4-5-6-7-8-9-10-11-12-13-17-20-24-23(26)21-27-25(28-24)22-18-15-14-16-19-22/h14-20,23-25H,2-13,21,26H2,1H3/b20-17+/t23-,24+,25?/m0/s1. The normalized spacial score (nSPS) is 22.7. The number of rotatable bonds is 14. The number of hydrogen-bond acceptors (Lipinski definition) is 3. The summed E-state index contributed by atoms with van der Waals surface area (Å²) in [4.78, 5) is 0. The first kappa shape index (κ1) is 23.1. The van der Waals surface area contributed by atoms with Crippen LogP contribution in [0, 0.1) is 0 Å². The molecule has 1 aromatic carbocycles. The van der Waals surface area contributed by atoms with Crippen LogP contribution in [0.5, 0.6) is 0 Å². The van der Waals surface area contributed by atoms with Crippen LogP contribution in [0.2, 0.25) is 0 Å². The van der Waals surface area contributed by atoms with Gasteiger partial charge in [0, 0.05) is 5.56 Å². The maximum atomic E-state index is 6.17. The lowest BCUT2D eigenvalue weighted by atomic mass is 10.0. The van der Waals surface area contributed by atoms with Gasteiger partial charge in [0.1, 0.15) is 0 Å². The smallest absolute Gasteiger partial charge is 0.184 e. The van der Waals surface area contributed by atoms with Crippen LogP contribution in [-0.2, 0) is 9.47 Å². The summed E-state index contributed by atoms with van der Waals surface area (Å²) in [6.07, 6.45) is 20.3. The Morgan fingerprint density at radius 1 is 0.893 bits per heavy atom. The summed E-state index contributed by atoms with van der Waals surface area (Å²) in [7, 11) is 0. The van der Waals surface area contributed by atoms with E-state index >= 15 is 0 Å². The molecule has 1 aromatic rings. The minimum atomic E-state index is -0.308. The van der Waals surface area contributed by atoms with Gasteiger partial charge in [0.05, 0.1) is 18.8 Å². The number of hydrogen-bond donors (Lipinski definition) is 1. The van der Waals surface area contributed by atoms with Crippen molar-refractivity contribution in [2.24, 2.45) is 5.73 Å². The van der Waals surface area contributed by atoms with Crippen molar-refractivity contribution in [2.75, 3.05) is 6.61 Å². The lowest BCUT2D eigenvalue weighted by molar-refractivity contribution is -0.212. The van der Waals surface area contributed by atoms with E-state index in [4.69, 9.17) is 15.2 Å². The Morgan fingerprint density at radius 2 is 1.50 bits per heavy atom. The van der Waals surface area contributed by atoms with Crippen LogP contribution in [-0.4, -0.2) is 18.8 Å². The van der Waals surface area contributed by atoms with Crippen LogP contribution < -0.4 is 5.73 Å². The van der Waals surface area contributed by atoms with Gasteiger partial charge in [-0.3, -0.25) is 0 Å². The number of unbranched alkanes of at least 4 members (excludes halogenated alkanes) is 11. The second kappa shape index (κ2) is 14.8. The average molecular weight is 388 g/mol. The Hall–Kier alpha value is -1.16. The Morgan fingerprint density at radius 3 is 2.14 bits per heavy atom. The van der Waals surface area contributed by atoms with Gasteiger partial charge in [-0.2, -0.15) is 0 Å². The maximum absolute atomic E-state index is 6.17. The van der Waals surface area contributed by atoms with Crippen molar-refractivity contribution in [3.05, 3.63) is 48.0 Å². The fraction of sp³-hybridized carbons (Fsp3) is 0.680. The van der Waals surface area contributed by atoms with E-state index in [0.717, 1.165) is 12.0 Å². The van der Waals surface area contributed by atoms with Crippen LogP contribution in [0.3, 0.4) is 0 Å².